The van der Waals surface area contributed by atoms with Gasteiger partial charge in [-0.25, -0.2) is 4.39 Å². The second kappa shape index (κ2) is 7.00. The third-order valence-corrected chi connectivity index (χ3v) is 3.40. The molecule has 2 rings (SSSR count). The molecule has 1 N–H and O–H groups in total. The minimum atomic E-state index is -0.434. The van der Waals surface area contributed by atoms with Gasteiger partial charge in [-0.05, 0) is 24.6 Å². The van der Waals surface area contributed by atoms with E-state index in [1.165, 1.54) is 39.5 Å². The molecule has 0 atom stereocenters. The number of rotatable bonds is 5. The Morgan fingerprint density at radius 1 is 0.957 bits per heavy atom. The van der Waals surface area contributed by atoms with Crippen LogP contribution < -0.4 is 19.5 Å². The van der Waals surface area contributed by atoms with Crippen molar-refractivity contribution in [1.29, 1.82) is 0 Å². The van der Waals surface area contributed by atoms with Crippen LogP contribution in [0, 0.1) is 12.7 Å². The van der Waals surface area contributed by atoms with Crippen molar-refractivity contribution in [3.63, 3.8) is 0 Å². The molecule has 0 fully saturated rings. The number of methoxy groups -OCH3 is 3. The molecule has 0 spiro atoms. The molecule has 2 aromatic carbocycles. The molecule has 0 saturated carbocycles. The molecule has 1 amide bonds. The summed E-state index contributed by atoms with van der Waals surface area (Å²) in [5.41, 5.74) is 1.40. The van der Waals surface area contributed by atoms with Crippen LogP contribution in [-0.4, -0.2) is 27.2 Å². The number of amides is 1. The second-order valence-corrected chi connectivity index (χ2v) is 4.82. The van der Waals surface area contributed by atoms with Gasteiger partial charge < -0.3 is 19.5 Å². The quantitative estimate of drug-likeness (QED) is 0.917. The van der Waals surface area contributed by atoms with Gasteiger partial charge in [0.25, 0.3) is 5.91 Å². The molecule has 122 valence electrons. The van der Waals surface area contributed by atoms with Crippen molar-refractivity contribution in [2.24, 2.45) is 0 Å². The zero-order valence-electron chi connectivity index (χ0n) is 13.4. The third kappa shape index (κ3) is 3.53. The number of hydrogen-bond donors (Lipinski definition) is 1. The molecule has 5 nitrogen and oxygen atoms in total. The molecule has 6 heteroatoms. The lowest BCUT2D eigenvalue weighted by Crippen LogP contribution is -2.14. The van der Waals surface area contributed by atoms with Crippen molar-refractivity contribution in [2.75, 3.05) is 26.6 Å². The van der Waals surface area contributed by atoms with Crippen LogP contribution in [0.3, 0.4) is 0 Å². The number of carbonyl (C=O) groups excluding carboxylic acids is 1. The number of nitrogens with one attached hydrogen (secondary N) is 1. The summed E-state index contributed by atoms with van der Waals surface area (Å²) in [5.74, 6) is 0.313. The Hall–Kier alpha value is -2.76. The summed E-state index contributed by atoms with van der Waals surface area (Å²) in [4.78, 5) is 12.5. The van der Waals surface area contributed by atoms with Crippen molar-refractivity contribution in [1.82, 2.24) is 0 Å². The molecule has 0 heterocycles. The van der Waals surface area contributed by atoms with Crippen molar-refractivity contribution < 1.29 is 23.4 Å². The van der Waals surface area contributed by atoms with Crippen LogP contribution in [0.1, 0.15) is 15.9 Å². The summed E-state index contributed by atoms with van der Waals surface area (Å²) in [6, 6.07) is 7.27. The summed E-state index contributed by atoms with van der Waals surface area (Å²) in [6.07, 6.45) is 0. The van der Waals surface area contributed by atoms with Crippen molar-refractivity contribution in [3.05, 3.63) is 47.3 Å². The number of carbonyl (C=O) groups is 1. The number of benzene rings is 2. The fraction of sp³-hybridized carbons (Fsp3) is 0.235. The molecule has 2 aromatic rings. The molecule has 0 saturated heterocycles. The minimum absolute atomic E-state index is 0.258. The van der Waals surface area contributed by atoms with Gasteiger partial charge in [0.1, 0.15) is 11.6 Å². The first-order chi connectivity index (χ1) is 11.0. The predicted octanol–water partition coefficient (Wildman–Crippen LogP) is 3.41. The van der Waals surface area contributed by atoms with E-state index in [0.29, 0.717) is 22.9 Å². The monoisotopic (exact) mass is 319 g/mol. The first-order valence-corrected chi connectivity index (χ1v) is 6.87. The summed E-state index contributed by atoms with van der Waals surface area (Å²) in [6.45, 7) is 1.78. The zero-order chi connectivity index (χ0) is 17.0. The Labute approximate surface area is 134 Å². The van der Waals surface area contributed by atoms with Crippen molar-refractivity contribution in [3.8, 4) is 17.2 Å². The van der Waals surface area contributed by atoms with Crippen LogP contribution in [0.4, 0.5) is 10.1 Å². The van der Waals surface area contributed by atoms with Crippen LogP contribution in [0.5, 0.6) is 17.2 Å². The van der Waals surface area contributed by atoms with Gasteiger partial charge in [0.2, 0.25) is 0 Å². The first kappa shape index (κ1) is 16.6. The normalized spacial score (nSPS) is 10.1. The van der Waals surface area contributed by atoms with Crippen LogP contribution in [0.25, 0.3) is 0 Å². The SMILES string of the molecule is COc1cc(OC)c(C(=O)Nc2cc(F)ccc2C)cc1OC. The molecular weight excluding hydrogens is 301 g/mol. The summed E-state index contributed by atoms with van der Waals surface area (Å²) >= 11 is 0. The molecule has 0 radical (unpaired) electrons. The van der Waals surface area contributed by atoms with Crippen LogP contribution in [0.2, 0.25) is 0 Å². The highest BCUT2D eigenvalue weighted by atomic mass is 19.1. The minimum Gasteiger partial charge on any atom is -0.496 e. The van der Waals surface area contributed by atoms with Gasteiger partial charge in [0.05, 0.1) is 26.9 Å². The lowest BCUT2D eigenvalue weighted by Gasteiger charge is -2.14. The number of aryl methyl sites for hydroxylation is 1. The Bertz CT molecular complexity index is 731. The van der Waals surface area contributed by atoms with Gasteiger partial charge in [-0.1, -0.05) is 6.07 Å². The highest BCUT2D eigenvalue weighted by molar-refractivity contribution is 6.07. The van der Waals surface area contributed by atoms with Gasteiger partial charge in [0.15, 0.2) is 11.5 Å². The second-order valence-electron chi connectivity index (χ2n) is 4.82. The zero-order valence-corrected chi connectivity index (χ0v) is 13.4. The largest absolute Gasteiger partial charge is 0.496 e. The molecule has 0 bridgehead atoms. The number of anilines is 1. The van der Waals surface area contributed by atoms with E-state index in [1.54, 1.807) is 19.1 Å². The van der Waals surface area contributed by atoms with E-state index in [2.05, 4.69) is 5.32 Å². The smallest absolute Gasteiger partial charge is 0.259 e. The maximum absolute atomic E-state index is 13.4. The van der Waals surface area contributed by atoms with E-state index < -0.39 is 11.7 Å². The first-order valence-electron chi connectivity index (χ1n) is 6.87. The van der Waals surface area contributed by atoms with E-state index in [9.17, 15) is 9.18 Å². The van der Waals surface area contributed by atoms with E-state index in [-0.39, 0.29) is 5.56 Å². The lowest BCUT2D eigenvalue weighted by atomic mass is 10.1. The Kier molecular flexibility index (Phi) is 5.05. The Morgan fingerprint density at radius 2 is 1.57 bits per heavy atom. The van der Waals surface area contributed by atoms with Crippen LogP contribution in [-0.2, 0) is 0 Å². The molecule has 0 unspecified atom stereocenters. The molecule has 0 aliphatic heterocycles. The lowest BCUT2D eigenvalue weighted by molar-refractivity contribution is 0.102. The molecule has 23 heavy (non-hydrogen) atoms. The molecule has 0 aromatic heterocycles. The maximum Gasteiger partial charge on any atom is 0.259 e. The maximum atomic E-state index is 13.4. The predicted molar refractivity (Wildman–Crippen MR) is 85.2 cm³/mol. The average Bonchev–Trinajstić information content (AvgIpc) is 2.56. The highest BCUT2D eigenvalue weighted by Crippen LogP contribution is 2.35. The summed E-state index contributed by atoms with van der Waals surface area (Å²) in [5, 5.41) is 2.68. The fourth-order valence-electron chi connectivity index (χ4n) is 2.13. The third-order valence-electron chi connectivity index (χ3n) is 3.40. The molecular formula is C17H18FNO4. The molecule has 0 aliphatic rings. The van der Waals surface area contributed by atoms with Crippen molar-refractivity contribution in [2.45, 2.75) is 6.92 Å². The van der Waals surface area contributed by atoms with Crippen LogP contribution >= 0.6 is 0 Å². The van der Waals surface area contributed by atoms with E-state index in [0.717, 1.165) is 5.56 Å². The fourth-order valence-corrected chi connectivity index (χ4v) is 2.13. The van der Waals surface area contributed by atoms with E-state index in [1.807, 2.05) is 0 Å². The van der Waals surface area contributed by atoms with Crippen molar-refractivity contribution >= 4 is 11.6 Å². The average molecular weight is 319 g/mol. The van der Waals surface area contributed by atoms with Gasteiger partial charge in [-0.3, -0.25) is 4.79 Å². The topological polar surface area (TPSA) is 56.8 Å². The van der Waals surface area contributed by atoms with Gasteiger partial charge >= 0.3 is 0 Å². The summed E-state index contributed by atoms with van der Waals surface area (Å²) < 4.78 is 29.0. The standard InChI is InChI=1S/C17H18FNO4/c1-10-5-6-11(18)7-13(10)19-17(20)12-8-15(22-3)16(23-4)9-14(12)21-2/h5-9H,1-4H3,(H,19,20). The van der Waals surface area contributed by atoms with Crippen LogP contribution in [0.15, 0.2) is 30.3 Å². The van der Waals surface area contributed by atoms with Gasteiger partial charge in [-0.2, -0.15) is 0 Å². The van der Waals surface area contributed by atoms with E-state index >= 15 is 0 Å². The number of hydrogen-bond acceptors (Lipinski definition) is 4. The summed E-state index contributed by atoms with van der Waals surface area (Å²) in [7, 11) is 4.42. The Balaban J connectivity index is 2.40. The number of ether oxygens (including phenoxy) is 3. The molecule has 0 aliphatic carbocycles. The van der Waals surface area contributed by atoms with Gasteiger partial charge in [-0.15, -0.1) is 0 Å². The number of halogens is 1. The highest BCUT2D eigenvalue weighted by Gasteiger charge is 2.18. The van der Waals surface area contributed by atoms with Gasteiger partial charge in [0, 0.05) is 17.8 Å². The Morgan fingerprint density at radius 3 is 2.17 bits per heavy atom. The van der Waals surface area contributed by atoms with E-state index in [4.69, 9.17) is 14.2 Å².